The fraction of sp³-hybridized carbons (Fsp3) is 0.857. The van der Waals surface area contributed by atoms with Crippen molar-refractivity contribution in [3.63, 3.8) is 0 Å². The van der Waals surface area contributed by atoms with E-state index in [1.165, 1.54) is 0 Å². The number of hydrogen-bond acceptors (Lipinski definition) is 5. The Hall–Kier alpha value is -1.14. The Morgan fingerprint density at radius 1 is 1.10 bits per heavy atom. The third kappa shape index (κ3) is 5.46. The summed E-state index contributed by atoms with van der Waals surface area (Å²) in [6.07, 6.45) is 2.83. The topological polar surface area (TPSA) is 98.6 Å². The van der Waals surface area contributed by atoms with Gasteiger partial charge in [-0.1, -0.05) is 0 Å². The van der Waals surface area contributed by atoms with Gasteiger partial charge in [0.1, 0.15) is 11.6 Å². The first-order chi connectivity index (χ1) is 9.20. The molecule has 20 heavy (non-hydrogen) atoms. The Bertz CT molecular complexity index is 346. The van der Waals surface area contributed by atoms with Crippen molar-refractivity contribution in [1.82, 2.24) is 4.90 Å². The molecule has 2 unspecified atom stereocenters. The molecule has 0 aliphatic carbocycles. The van der Waals surface area contributed by atoms with Gasteiger partial charge in [0, 0.05) is 13.1 Å². The van der Waals surface area contributed by atoms with E-state index < -0.39 is 23.7 Å². The number of hydrogen-bond donors (Lipinski definition) is 2. The zero-order valence-electron chi connectivity index (χ0n) is 12.7. The summed E-state index contributed by atoms with van der Waals surface area (Å²) in [5.74, 6) is -0.489. The van der Waals surface area contributed by atoms with Crippen LogP contribution in [-0.2, 0) is 14.3 Å². The Morgan fingerprint density at radius 3 is 2.10 bits per heavy atom. The first-order valence-corrected chi connectivity index (χ1v) is 7.23. The predicted octanol–water partition coefficient (Wildman–Crippen LogP) is 0.385. The molecule has 0 aromatic rings. The van der Waals surface area contributed by atoms with E-state index in [0.29, 0.717) is 12.8 Å². The van der Waals surface area contributed by atoms with Gasteiger partial charge in [0.25, 0.3) is 0 Å². The van der Waals surface area contributed by atoms with Crippen LogP contribution in [0, 0.1) is 0 Å². The number of nitrogens with zero attached hydrogens (tertiary/aromatic N) is 1. The quantitative estimate of drug-likeness (QED) is 0.712. The number of rotatable bonds is 5. The van der Waals surface area contributed by atoms with Crippen LogP contribution in [-0.4, -0.2) is 47.6 Å². The van der Waals surface area contributed by atoms with Crippen LogP contribution in [0.3, 0.4) is 0 Å². The highest BCUT2D eigenvalue weighted by atomic mass is 16.6. The molecule has 1 heterocycles. The zero-order chi connectivity index (χ0) is 15.3. The van der Waals surface area contributed by atoms with Gasteiger partial charge in [0.15, 0.2) is 0 Å². The van der Waals surface area contributed by atoms with Crippen molar-refractivity contribution >= 4 is 11.9 Å². The van der Waals surface area contributed by atoms with E-state index in [1.807, 2.05) is 0 Å². The maximum absolute atomic E-state index is 12.0. The lowest BCUT2D eigenvalue weighted by Gasteiger charge is -2.23. The summed E-state index contributed by atoms with van der Waals surface area (Å²) in [5.41, 5.74) is 11.1. The molecule has 6 nitrogen and oxygen atoms in total. The molecule has 2 atom stereocenters. The van der Waals surface area contributed by atoms with E-state index >= 15 is 0 Å². The van der Waals surface area contributed by atoms with Crippen molar-refractivity contribution in [2.75, 3.05) is 13.1 Å². The van der Waals surface area contributed by atoms with Gasteiger partial charge in [-0.3, -0.25) is 9.59 Å². The summed E-state index contributed by atoms with van der Waals surface area (Å²) < 4.78 is 5.19. The lowest BCUT2D eigenvalue weighted by molar-refractivity contribution is -0.156. The van der Waals surface area contributed by atoms with Gasteiger partial charge >= 0.3 is 5.97 Å². The second-order valence-corrected chi connectivity index (χ2v) is 6.36. The van der Waals surface area contributed by atoms with Crippen molar-refractivity contribution in [2.45, 2.75) is 64.1 Å². The Labute approximate surface area is 120 Å². The second-order valence-electron chi connectivity index (χ2n) is 6.36. The molecular formula is C14H27N3O3. The average molecular weight is 285 g/mol. The SMILES string of the molecule is CC(C)(C)OC(=O)C(N)CCC(N)C(=O)N1CCCC1. The van der Waals surface area contributed by atoms with E-state index in [9.17, 15) is 9.59 Å². The standard InChI is InChI=1S/C14H27N3O3/c1-14(2,3)20-13(19)11(16)7-6-10(15)12(18)17-8-4-5-9-17/h10-11H,4-9,15-16H2,1-3H3. The minimum absolute atomic E-state index is 0.0427. The van der Waals surface area contributed by atoms with Crippen molar-refractivity contribution in [3.05, 3.63) is 0 Å². The molecular weight excluding hydrogens is 258 g/mol. The summed E-state index contributed by atoms with van der Waals surface area (Å²) in [6, 6.07) is -1.31. The van der Waals surface area contributed by atoms with Crippen molar-refractivity contribution < 1.29 is 14.3 Å². The van der Waals surface area contributed by atoms with Crippen molar-refractivity contribution in [2.24, 2.45) is 11.5 Å². The molecule has 1 fully saturated rings. The number of esters is 1. The maximum atomic E-state index is 12.0. The van der Waals surface area contributed by atoms with E-state index in [0.717, 1.165) is 25.9 Å². The number of likely N-dealkylation sites (tertiary alicyclic amines) is 1. The van der Waals surface area contributed by atoms with Gasteiger partial charge in [0.2, 0.25) is 5.91 Å². The van der Waals surface area contributed by atoms with Gasteiger partial charge in [-0.2, -0.15) is 0 Å². The lowest BCUT2D eigenvalue weighted by Crippen LogP contribution is -2.44. The Kier molecular flexibility index (Phi) is 5.95. The fourth-order valence-electron chi connectivity index (χ4n) is 2.15. The van der Waals surface area contributed by atoms with Crippen molar-refractivity contribution in [3.8, 4) is 0 Å². The molecule has 1 aliphatic heterocycles. The highest BCUT2D eigenvalue weighted by Crippen LogP contribution is 2.12. The molecule has 0 spiro atoms. The highest BCUT2D eigenvalue weighted by Gasteiger charge is 2.26. The van der Waals surface area contributed by atoms with Gasteiger partial charge in [-0.05, 0) is 46.5 Å². The molecule has 1 aliphatic rings. The summed E-state index contributed by atoms with van der Waals surface area (Å²) in [6.45, 7) is 6.94. The first-order valence-electron chi connectivity index (χ1n) is 7.23. The van der Waals surface area contributed by atoms with Crippen LogP contribution < -0.4 is 11.5 Å². The van der Waals surface area contributed by atoms with Gasteiger partial charge in [-0.15, -0.1) is 0 Å². The number of amides is 1. The van der Waals surface area contributed by atoms with Crippen molar-refractivity contribution in [1.29, 1.82) is 0 Å². The molecule has 0 bridgehead atoms. The third-order valence-electron chi connectivity index (χ3n) is 3.23. The Morgan fingerprint density at radius 2 is 1.60 bits per heavy atom. The van der Waals surface area contributed by atoms with Crippen LogP contribution in [0.5, 0.6) is 0 Å². The number of nitrogens with two attached hydrogens (primary N) is 2. The number of carbonyl (C=O) groups is 2. The van der Waals surface area contributed by atoms with Crippen LogP contribution in [0.15, 0.2) is 0 Å². The third-order valence-corrected chi connectivity index (χ3v) is 3.23. The van der Waals surface area contributed by atoms with Gasteiger partial charge < -0.3 is 21.1 Å². The van der Waals surface area contributed by atoms with Crippen LogP contribution in [0.2, 0.25) is 0 Å². The summed E-state index contributed by atoms with van der Waals surface area (Å²) >= 11 is 0. The minimum atomic E-state index is -0.730. The first kappa shape index (κ1) is 16.9. The molecule has 6 heteroatoms. The van der Waals surface area contributed by atoms with Crippen LogP contribution in [0.4, 0.5) is 0 Å². The van der Waals surface area contributed by atoms with E-state index in [4.69, 9.17) is 16.2 Å². The smallest absolute Gasteiger partial charge is 0.323 e. The number of carbonyl (C=O) groups excluding carboxylic acids is 2. The van der Waals surface area contributed by atoms with Gasteiger partial charge in [-0.25, -0.2) is 0 Å². The van der Waals surface area contributed by atoms with E-state index in [1.54, 1.807) is 25.7 Å². The molecule has 0 saturated carbocycles. The maximum Gasteiger partial charge on any atom is 0.323 e. The molecule has 1 saturated heterocycles. The molecule has 0 radical (unpaired) electrons. The van der Waals surface area contributed by atoms with E-state index in [-0.39, 0.29) is 5.91 Å². The summed E-state index contributed by atoms with van der Waals surface area (Å²) in [5, 5.41) is 0. The molecule has 0 aromatic carbocycles. The van der Waals surface area contributed by atoms with E-state index in [2.05, 4.69) is 0 Å². The average Bonchev–Trinajstić information content (AvgIpc) is 2.86. The minimum Gasteiger partial charge on any atom is -0.459 e. The molecule has 4 N–H and O–H groups in total. The molecule has 116 valence electrons. The monoisotopic (exact) mass is 285 g/mol. The van der Waals surface area contributed by atoms with Gasteiger partial charge in [0.05, 0.1) is 6.04 Å². The molecule has 1 amide bonds. The predicted molar refractivity (Wildman–Crippen MR) is 76.8 cm³/mol. The summed E-state index contributed by atoms with van der Waals surface area (Å²) in [4.78, 5) is 25.5. The largest absolute Gasteiger partial charge is 0.459 e. The van der Waals surface area contributed by atoms with Crippen LogP contribution >= 0.6 is 0 Å². The second kappa shape index (κ2) is 7.04. The van der Waals surface area contributed by atoms with Crippen LogP contribution in [0.1, 0.15) is 46.5 Å². The lowest BCUT2D eigenvalue weighted by atomic mass is 10.1. The van der Waals surface area contributed by atoms with Crippen LogP contribution in [0.25, 0.3) is 0 Å². The molecule has 1 rings (SSSR count). The Balaban J connectivity index is 2.34. The number of ether oxygens (including phenoxy) is 1. The summed E-state index contributed by atoms with van der Waals surface area (Å²) in [7, 11) is 0. The fourth-order valence-corrected chi connectivity index (χ4v) is 2.15. The zero-order valence-corrected chi connectivity index (χ0v) is 12.7. The normalized spacial score (nSPS) is 18.8. The molecule has 0 aromatic heterocycles. The highest BCUT2D eigenvalue weighted by molar-refractivity contribution is 5.82.